The molecule has 4 heterocycles. The molecule has 0 amide bonds. The summed E-state index contributed by atoms with van der Waals surface area (Å²) in [6.45, 7) is 6.01. The summed E-state index contributed by atoms with van der Waals surface area (Å²) in [5.74, 6) is 2.42. The van der Waals surface area contributed by atoms with Crippen LogP contribution >= 0.6 is 11.3 Å². The molecule has 134 valence electrons. The number of nitrogens with one attached hydrogen (secondary N) is 1. The number of aryl methyl sites for hydroxylation is 2. The van der Waals surface area contributed by atoms with Crippen LogP contribution in [0.1, 0.15) is 40.8 Å². The van der Waals surface area contributed by atoms with Crippen molar-refractivity contribution in [2.75, 3.05) is 11.9 Å². The van der Waals surface area contributed by atoms with Crippen LogP contribution in [0, 0.1) is 13.8 Å². The number of nitrogens with zero attached hydrogens (tertiary/aromatic N) is 5. The Morgan fingerprint density at radius 3 is 3.04 bits per heavy atom. The van der Waals surface area contributed by atoms with Crippen LogP contribution < -0.4 is 5.32 Å². The summed E-state index contributed by atoms with van der Waals surface area (Å²) in [5, 5.41) is 3.35. The van der Waals surface area contributed by atoms with Gasteiger partial charge in [-0.1, -0.05) is 6.07 Å². The average Bonchev–Trinajstić information content (AvgIpc) is 3.29. The Morgan fingerprint density at radius 1 is 1.31 bits per heavy atom. The molecule has 6 nitrogen and oxygen atoms in total. The third-order valence-electron chi connectivity index (χ3n) is 4.66. The molecule has 3 aromatic rings. The van der Waals surface area contributed by atoms with Crippen LogP contribution in [0.25, 0.3) is 0 Å². The SMILES string of the molecule is Cc1nc(Nc2ncccc2C)cc(C2CCCN2Cc2cncs2)n1. The van der Waals surface area contributed by atoms with E-state index in [-0.39, 0.29) is 0 Å². The fraction of sp³-hybridized carbons (Fsp3) is 0.368. The van der Waals surface area contributed by atoms with E-state index in [2.05, 4.69) is 31.2 Å². The summed E-state index contributed by atoms with van der Waals surface area (Å²) >= 11 is 1.71. The van der Waals surface area contributed by atoms with Crippen molar-refractivity contribution in [3.8, 4) is 0 Å². The number of thiazole rings is 1. The maximum atomic E-state index is 4.73. The Kier molecular flexibility index (Phi) is 4.90. The topological polar surface area (TPSA) is 66.8 Å². The first-order valence-corrected chi connectivity index (χ1v) is 9.72. The Balaban J connectivity index is 1.58. The lowest BCUT2D eigenvalue weighted by Crippen LogP contribution is -2.23. The Labute approximate surface area is 157 Å². The monoisotopic (exact) mass is 366 g/mol. The van der Waals surface area contributed by atoms with Crippen LogP contribution in [0.3, 0.4) is 0 Å². The maximum absolute atomic E-state index is 4.73. The van der Waals surface area contributed by atoms with E-state index in [0.717, 1.165) is 48.2 Å². The molecule has 1 N–H and O–H groups in total. The first-order valence-electron chi connectivity index (χ1n) is 8.84. The summed E-state index contributed by atoms with van der Waals surface area (Å²) < 4.78 is 0. The van der Waals surface area contributed by atoms with Crippen LogP contribution in [-0.4, -0.2) is 31.4 Å². The summed E-state index contributed by atoms with van der Waals surface area (Å²) in [6.07, 6.45) is 6.06. The fourth-order valence-electron chi connectivity index (χ4n) is 3.43. The van der Waals surface area contributed by atoms with Gasteiger partial charge >= 0.3 is 0 Å². The average molecular weight is 366 g/mol. The molecular formula is C19H22N6S. The summed E-state index contributed by atoms with van der Waals surface area (Å²) in [7, 11) is 0. The molecule has 0 radical (unpaired) electrons. The molecule has 1 unspecified atom stereocenters. The minimum atomic E-state index is 0.323. The number of hydrogen-bond acceptors (Lipinski definition) is 7. The molecule has 0 aliphatic carbocycles. The highest BCUT2D eigenvalue weighted by Crippen LogP contribution is 2.33. The number of rotatable bonds is 5. The summed E-state index contributed by atoms with van der Waals surface area (Å²) in [5.41, 5.74) is 4.07. The molecule has 0 spiro atoms. The third-order valence-corrected chi connectivity index (χ3v) is 5.43. The molecule has 26 heavy (non-hydrogen) atoms. The number of anilines is 2. The van der Waals surface area contributed by atoms with Gasteiger partial charge in [-0.25, -0.2) is 15.0 Å². The Bertz CT molecular complexity index is 879. The van der Waals surface area contributed by atoms with Gasteiger partial charge in [0.1, 0.15) is 17.5 Å². The number of aromatic nitrogens is 4. The minimum Gasteiger partial charge on any atom is -0.325 e. The summed E-state index contributed by atoms with van der Waals surface area (Å²) in [4.78, 5) is 21.7. The number of hydrogen-bond donors (Lipinski definition) is 1. The fourth-order valence-corrected chi connectivity index (χ4v) is 4.05. The minimum absolute atomic E-state index is 0.323. The van der Waals surface area contributed by atoms with Crippen molar-refractivity contribution in [1.29, 1.82) is 0 Å². The predicted octanol–water partition coefficient (Wildman–Crippen LogP) is 4.03. The van der Waals surface area contributed by atoms with Crippen molar-refractivity contribution in [1.82, 2.24) is 24.8 Å². The van der Waals surface area contributed by atoms with Gasteiger partial charge in [-0.2, -0.15) is 0 Å². The second-order valence-electron chi connectivity index (χ2n) is 6.62. The van der Waals surface area contributed by atoms with E-state index in [0.29, 0.717) is 6.04 Å². The van der Waals surface area contributed by atoms with Gasteiger partial charge in [-0.15, -0.1) is 11.3 Å². The second kappa shape index (κ2) is 7.47. The molecule has 1 aliphatic rings. The highest BCUT2D eigenvalue weighted by atomic mass is 32.1. The number of likely N-dealkylation sites (tertiary alicyclic amines) is 1. The standard InChI is InChI=1S/C19H22N6S/c1-13-5-3-7-21-19(13)24-18-9-16(22-14(2)23-18)17-6-4-8-25(17)11-15-10-20-12-26-15/h3,5,7,9-10,12,17H,4,6,8,11H2,1-2H3,(H,21,22,23,24). The van der Waals surface area contributed by atoms with E-state index >= 15 is 0 Å². The predicted molar refractivity (Wildman–Crippen MR) is 104 cm³/mol. The largest absolute Gasteiger partial charge is 0.325 e. The lowest BCUT2D eigenvalue weighted by atomic mass is 10.1. The van der Waals surface area contributed by atoms with Crippen LogP contribution in [0.2, 0.25) is 0 Å². The highest BCUT2D eigenvalue weighted by Gasteiger charge is 2.28. The molecule has 1 atom stereocenters. The second-order valence-corrected chi connectivity index (χ2v) is 7.59. The van der Waals surface area contributed by atoms with E-state index in [1.807, 2.05) is 37.7 Å². The van der Waals surface area contributed by atoms with Crippen molar-refractivity contribution in [3.63, 3.8) is 0 Å². The first-order chi connectivity index (χ1) is 12.7. The van der Waals surface area contributed by atoms with Crippen LogP contribution in [0.4, 0.5) is 11.6 Å². The third kappa shape index (κ3) is 3.73. The normalized spacial score (nSPS) is 17.5. The molecule has 0 bridgehead atoms. The van der Waals surface area contributed by atoms with Gasteiger partial charge < -0.3 is 5.32 Å². The lowest BCUT2D eigenvalue weighted by Gasteiger charge is -2.24. The van der Waals surface area contributed by atoms with Gasteiger partial charge in [0.2, 0.25) is 0 Å². The molecular weight excluding hydrogens is 344 g/mol. The van der Waals surface area contributed by atoms with E-state index < -0.39 is 0 Å². The van der Waals surface area contributed by atoms with Crippen molar-refractivity contribution in [2.45, 2.75) is 39.3 Å². The van der Waals surface area contributed by atoms with E-state index in [9.17, 15) is 0 Å². The van der Waals surface area contributed by atoms with Crippen molar-refractivity contribution < 1.29 is 0 Å². The van der Waals surface area contributed by atoms with Gasteiger partial charge in [-0.3, -0.25) is 9.88 Å². The maximum Gasteiger partial charge on any atom is 0.135 e. The number of pyridine rings is 1. The van der Waals surface area contributed by atoms with E-state index in [4.69, 9.17) is 4.98 Å². The zero-order valence-electron chi connectivity index (χ0n) is 15.0. The molecule has 0 saturated carbocycles. The molecule has 0 aromatic carbocycles. The Hall–Kier alpha value is -2.38. The van der Waals surface area contributed by atoms with Gasteiger partial charge in [0.05, 0.1) is 17.2 Å². The van der Waals surface area contributed by atoms with Gasteiger partial charge in [0, 0.05) is 29.9 Å². The van der Waals surface area contributed by atoms with Gasteiger partial charge in [-0.05, 0) is 44.9 Å². The van der Waals surface area contributed by atoms with Gasteiger partial charge in [0.15, 0.2) is 0 Å². The van der Waals surface area contributed by atoms with Crippen LogP contribution in [0.5, 0.6) is 0 Å². The van der Waals surface area contributed by atoms with Crippen molar-refractivity contribution in [3.05, 3.63) is 58.1 Å². The molecule has 7 heteroatoms. The quantitative estimate of drug-likeness (QED) is 0.735. The molecule has 1 fully saturated rings. The van der Waals surface area contributed by atoms with Crippen molar-refractivity contribution >= 4 is 23.0 Å². The molecule has 3 aromatic heterocycles. The smallest absolute Gasteiger partial charge is 0.135 e. The zero-order chi connectivity index (χ0) is 17.9. The molecule has 1 saturated heterocycles. The zero-order valence-corrected chi connectivity index (χ0v) is 15.8. The lowest BCUT2D eigenvalue weighted by molar-refractivity contribution is 0.246. The van der Waals surface area contributed by atoms with Crippen LogP contribution in [-0.2, 0) is 6.54 Å². The van der Waals surface area contributed by atoms with E-state index in [1.165, 1.54) is 11.3 Å². The van der Waals surface area contributed by atoms with Gasteiger partial charge in [0.25, 0.3) is 0 Å². The summed E-state index contributed by atoms with van der Waals surface area (Å²) in [6, 6.07) is 6.37. The highest BCUT2D eigenvalue weighted by molar-refractivity contribution is 7.09. The first kappa shape index (κ1) is 17.1. The molecule has 1 aliphatic heterocycles. The molecule has 4 rings (SSSR count). The van der Waals surface area contributed by atoms with Crippen LogP contribution in [0.15, 0.2) is 36.1 Å². The van der Waals surface area contributed by atoms with E-state index in [1.54, 1.807) is 17.5 Å². The Morgan fingerprint density at radius 2 is 2.23 bits per heavy atom. The van der Waals surface area contributed by atoms with Crippen molar-refractivity contribution in [2.24, 2.45) is 0 Å².